The number of hydrogen-bond donors (Lipinski definition) is 0. The van der Waals surface area contributed by atoms with Crippen LogP contribution in [0.25, 0.3) is 22.3 Å². The summed E-state index contributed by atoms with van der Waals surface area (Å²) in [6, 6.07) is 19.1. The van der Waals surface area contributed by atoms with E-state index in [2.05, 4.69) is 63.5 Å². The van der Waals surface area contributed by atoms with Gasteiger partial charge in [0.1, 0.15) is 11.5 Å². The van der Waals surface area contributed by atoms with Gasteiger partial charge in [-0.25, -0.2) is 0 Å². The van der Waals surface area contributed by atoms with E-state index in [-0.39, 0.29) is 10.9 Å². The molecule has 3 rings (SSSR count). The molecule has 0 aliphatic heterocycles. The smallest absolute Gasteiger partial charge is 0.201 e. The molecule has 0 spiro atoms. The van der Waals surface area contributed by atoms with Crippen molar-refractivity contribution < 1.29 is 9.47 Å². The molecule has 6 heteroatoms. The van der Waals surface area contributed by atoms with Crippen LogP contribution in [0.15, 0.2) is 70.3 Å². The lowest BCUT2D eigenvalue weighted by Gasteiger charge is -2.19. The molecule has 3 aromatic carbocycles. The quantitative estimate of drug-likeness (QED) is 0.116. The van der Waals surface area contributed by atoms with Gasteiger partial charge < -0.3 is 19.3 Å². The highest BCUT2D eigenvalue weighted by Gasteiger charge is 2.17. The minimum Gasteiger partial charge on any atom is -0.493 e. The van der Waals surface area contributed by atoms with Crippen molar-refractivity contribution in [1.29, 1.82) is 0 Å². The number of nitrogens with zero attached hydrogens (tertiary/aromatic N) is 2. The summed E-state index contributed by atoms with van der Waals surface area (Å²) in [5.74, 6) is 1.48. The lowest BCUT2D eigenvalue weighted by atomic mass is 9.99. The molecular weight excluding hydrogens is 572 g/mol. The molecule has 0 N–H and O–H groups in total. The van der Waals surface area contributed by atoms with Gasteiger partial charge in [-0.15, -0.1) is 0 Å². The summed E-state index contributed by atoms with van der Waals surface area (Å²) < 4.78 is 13.0. The first-order chi connectivity index (χ1) is 22.4. The third-order valence-electron chi connectivity index (χ3n) is 8.60. The van der Waals surface area contributed by atoms with Gasteiger partial charge in [-0.2, -0.15) is 0 Å². The van der Waals surface area contributed by atoms with Gasteiger partial charge in [0.05, 0.1) is 24.6 Å². The average molecular weight is 629 g/mol. The zero-order valence-electron chi connectivity index (χ0n) is 29.2. The Kier molecular flexibility index (Phi) is 15.7. The van der Waals surface area contributed by atoms with E-state index in [9.17, 15) is 9.59 Å². The zero-order valence-corrected chi connectivity index (χ0v) is 29.2. The number of anilines is 2. The monoisotopic (exact) mass is 628 g/mol. The van der Waals surface area contributed by atoms with Gasteiger partial charge in [-0.1, -0.05) is 76.6 Å². The van der Waals surface area contributed by atoms with Crippen molar-refractivity contribution in [2.45, 2.75) is 92.9 Å². The molecule has 0 aliphatic rings. The van der Waals surface area contributed by atoms with Crippen LogP contribution in [0.2, 0.25) is 0 Å². The van der Waals surface area contributed by atoms with Crippen molar-refractivity contribution in [2.75, 3.05) is 49.2 Å². The van der Waals surface area contributed by atoms with Crippen molar-refractivity contribution in [1.82, 2.24) is 0 Å². The van der Waals surface area contributed by atoms with Crippen LogP contribution >= 0.6 is 0 Å². The molecule has 46 heavy (non-hydrogen) atoms. The highest BCUT2D eigenvalue weighted by molar-refractivity contribution is 5.81. The van der Waals surface area contributed by atoms with E-state index in [1.165, 1.54) is 12.8 Å². The van der Waals surface area contributed by atoms with Crippen LogP contribution in [0.5, 0.6) is 11.5 Å². The van der Waals surface area contributed by atoms with Crippen molar-refractivity contribution in [3.05, 3.63) is 81.1 Å². The fourth-order valence-corrected chi connectivity index (χ4v) is 5.80. The molecule has 0 saturated heterocycles. The second-order valence-electron chi connectivity index (χ2n) is 11.8. The number of benzene rings is 1. The molecule has 6 nitrogen and oxygen atoms in total. The van der Waals surface area contributed by atoms with E-state index in [1.807, 2.05) is 36.4 Å². The molecule has 0 aliphatic carbocycles. The molecule has 0 atom stereocenters. The van der Waals surface area contributed by atoms with E-state index in [0.29, 0.717) is 24.6 Å². The minimum atomic E-state index is -0.00443. The Morgan fingerprint density at radius 1 is 0.478 bits per heavy atom. The lowest BCUT2D eigenvalue weighted by molar-refractivity contribution is 0.299. The summed E-state index contributed by atoms with van der Waals surface area (Å²) in [5.41, 5.74) is 4.94. The molecule has 0 aromatic heterocycles. The minimum absolute atomic E-state index is 0.00443. The Labute approximate surface area is 277 Å². The van der Waals surface area contributed by atoms with Crippen LogP contribution in [0.1, 0.15) is 92.9 Å². The molecule has 0 bridgehead atoms. The van der Waals surface area contributed by atoms with E-state index in [0.717, 1.165) is 98.5 Å². The summed E-state index contributed by atoms with van der Waals surface area (Å²) in [6.07, 6.45) is 8.82. The summed E-state index contributed by atoms with van der Waals surface area (Å²) in [6.45, 7) is 16.9. The Morgan fingerprint density at radius 3 is 1.20 bits per heavy atom. The molecule has 0 heterocycles. The molecule has 3 aromatic rings. The molecular formula is C40H56N2O4. The van der Waals surface area contributed by atoms with Crippen molar-refractivity contribution in [3.8, 4) is 33.8 Å². The van der Waals surface area contributed by atoms with Gasteiger partial charge in [0, 0.05) is 37.3 Å². The Bertz CT molecular complexity index is 1370. The van der Waals surface area contributed by atoms with Gasteiger partial charge in [0.25, 0.3) is 0 Å². The number of unbranched alkanes of at least 4 members (excludes halogenated alkanes) is 6. The number of hydrogen-bond acceptors (Lipinski definition) is 6. The van der Waals surface area contributed by atoms with E-state index >= 15 is 0 Å². The third kappa shape index (κ3) is 10.1. The highest BCUT2D eigenvalue weighted by Crippen LogP contribution is 2.41. The molecule has 0 unspecified atom stereocenters. The predicted octanol–water partition coefficient (Wildman–Crippen LogP) is 9.35. The van der Waals surface area contributed by atoms with Gasteiger partial charge in [0.15, 0.2) is 0 Å². The van der Waals surface area contributed by atoms with Gasteiger partial charge >= 0.3 is 0 Å². The van der Waals surface area contributed by atoms with Gasteiger partial charge in [0.2, 0.25) is 10.9 Å². The molecule has 0 fully saturated rings. The number of rotatable bonds is 20. The van der Waals surface area contributed by atoms with Crippen LogP contribution in [0.4, 0.5) is 11.4 Å². The Balaban J connectivity index is 2.21. The molecule has 0 radical (unpaired) electrons. The van der Waals surface area contributed by atoms with Crippen molar-refractivity contribution in [3.63, 3.8) is 0 Å². The van der Waals surface area contributed by atoms with Gasteiger partial charge in [-0.05, 0) is 88.1 Å². The predicted molar refractivity (Wildman–Crippen MR) is 196 cm³/mol. The maximum Gasteiger partial charge on any atom is 0.201 e. The normalized spacial score (nSPS) is 10.9. The van der Waals surface area contributed by atoms with E-state index in [1.54, 1.807) is 12.1 Å². The summed E-state index contributed by atoms with van der Waals surface area (Å²) in [4.78, 5) is 30.4. The number of ether oxygens (including phenoxy) is 2. The molecule has 0 saturated carbocycles. The second kappa shape index (κ2) is 19.7. The first kappa shape index (κ1) is 36.7. The van der Waals surface area contributed by atoms with Crippen LogP contribution in [0.3, 0.4) is 0 Å². The fourth-order valence-electron chi connectivity index (χ4n) is 5.80. The van der Waals surface area contributed by atoms with Crippen LogP contribution in [0, 0.1) is 0 Å². The lowest BCUT2D eigenvalue weighted by Crippen LogP contribution is -2.26. The van der Waals surface area contributed by atoms with Crippen LogP contribution in [-0.2, 0) is 0 Å². The summed E-state index contributed by atoms with van der Waals surface area (Å²) in [5, 5.41) is 0. The second-order valence-corrected chi connectivity index (χ2v) is 11.8. The zero-order chi connectivity index (χ0) is 33.3. The Morgan fingerprint density at radius 2 is 0.848 bits per heavy atom. The first-order valence-electron chi connectivity index (χ1n) is 17.6. The van der Waals surface area contributed by atoms with Crippen molar-refractivity contribution >= 4 is 11.4 Å². The SMILES string of the molecule is CCCCCCOc1cc(-c2ccc(N(CC)CC)c(=O)cc2)c(OCCCCCC)cc1-c1ccc(N(CC)CC)c(=O)cc1. The molecule has 0 amide bonds. The van der Waals surface area contributed by atoms with Crippen molar-refractivity contribution in [2.24, 2.45) is 0 Å². The highest BCUT2D eigenvalue weighted by atomic mass is 16.5. The first-order valence-corrected chi connectivity index (χ1v) is 17.6. The van der Waals surface area contributed by atoms with Gasteiger partial charge in [-0.3, -0.25) is 9.59 Å². The average Bonchev–Trinajstić information content (AvgIpc) is 3.38. The fraction of sp³-hybridized carbons (Fsp3) is 0.500. The largest absolute Gasteiger partial charge is 0.493 e. The third-order valence-corrected chi connectivity index (χ3v) is 8.60. The summed E-state index contributed by atoms with van der Waals surface area (Å²) in [7, 11) is 0. The van der Waals surface area contributed by atoms with Crippen LogP contribution in [-0.4, -0.2) is 39.4 Å². The van der Waals surface area contributed by atoms with E-state index < -0.39 is 0 Å². The Hall–Kier alpha value is -3.80. The summed E-state index contributed by atoms with van der Waals surface area (Å²) >= 11 is 0. The maximum atomic E-state index is 13.1. The maximum absolute atomic E-state index is 13.1. The molecule has 250 valence electrons. The van der Waals surface area contributed by atoms with Crippen LogP contribution < -0.4 is 30.1 Å². The van der Waals surface area contributed by atoms with E-state index in [4.69, 9.17) is 9.47 Å². The standard InChI is InChI=1S/C40H56N2O4/c1-7-13-15-17-27-45-39-29-34(32-20-24-36(38(44)26-22-32)42(11-5)12-6)40(46-28-18-16-14-8-2)30-33(39)31-19-23-35(37(43)25-21-31)41(9-3)10-4/h19-26,29-30H,7-18,27-28H2,1-6H3. The topological polar surface area (TPSA) is 59.1 Å².